The number of hydrogen-bond donors (Lipinski definition) is 0. The molecule has 4 rings (SSSR count). The molecule has 2 aromatic carbocycles. The summed E-state index contributed by atoms with van der Waals surface area (Å²) < 4.78 is 5.98. The molecule has 0 bridgehead atoms. The topological polar surface area (TPSA) is 29.5 Å². The SMILES string of the molecule is O=C1Cc2ccccc2Sc2cc(OCCCN3CCCCC3)ccc21.[Cl-]. The quantitative estimate of drug-likeness (QED) is 0.714. The molecule has 144 valence electrons. The van der Waals surface area contributed by atoms with Crippen molar-refractivity contribution in [3.8, 4) is 5.75 Å². The Kier molecular flexibility index (Phi) is 7.22. The number of hydrogen-bond acceptors (Lipinski definition) is 4. The van der Waals surface area contributed by atoms with Crippen LogP contribution in [0.15, 0.2) is 52.3 Å². The lowest BCUT2D eigenvalue weighted by molar-refractivity contribution is -0.0000137. The third-order valence-electron chi connectivity index (χ3n) is 5.13. The minimum Gasteiger partial charge on any atom is -1.00 e. The minimum absolute atomic E-state index is 0. The van der Waals surface area contributed by atoms with Crippen molar-refractivity contribution in [3.63, 3.8) is 0 Å². The maximum Gasteiger partial charge on any atom is 0.168 e. The predicted molar refractivity (Wildman–Crippen MR) is 105 cm³/mol. The second-order valence-corrected chi connectivity index (χ2v) is 8.16. The summed E-state index contributed by atoms with van der Waals surface area (Å²) in [5.74, 6) is 1.05. The lowest BCUT2D eigenvalue weighted by atomic mass is 10.0. The molecule has 2 heterocycles. The number of likely N-dealkylation sites (tertiary alicyclic amines) is 1. The Balaban J connectivity index is 0.00000210. The van der Waals surface area contributed by atoms with Gasteiger partial charge in [-0.25, -0.2) is 0 Å². The second-order valence-electron chi connectivity index (χ2n) is 7.07. The van der Waals surface area contributed by atoms with Crippen molar-refractivity contribution >= 4 is 17.5 Å². The Morgan fingerprint density at radius 1 is 1.00 bits per heavy atom. The summed E-state index contributed by atoms with van der Waals surface area (Å²) in [7, 11) is 0. The van der Waals surface area contributed by atoms with E-state index >= 15 is 0 Å². The van der Waals surface area contributed by atoms with Crippen LogP contribution in [0.1, 0.15) is 41.6 Å². The van der Waals surface area contributed by atoms with Crippen molar-refractivity contribution < 1.29 is 21.9 Å². The summed E-state index contributed by atoms with van der Waals surface area (Å²) in [4.78, 5) is 17.3. The number of Topliss-reactive ketones (excluding diaryl/α,β-unsaturated/α-hetero) is 1. The van der Waals surface area contributed by atoms with Crippen molar-refractivity contribution in [3.05, 3.63) is 53.6 Å². The Labute approximate surface area is 171 Å². The highest BCUT2D eigenvalue weighted by molar-refractivity contribution is 7.99. The van der Waals surface area contributed by atoms with Gasteiger partial charge in [0.2, 0.25) is 0 Å². The van der Waals surface area contributed by atoms with E-state index in [1.54, 1.807) is 11.8 Å². The first-order valence-electron chi connectivity index (χ1n) is 9.58. The van der Waals surface area contributed by atoms with Crippen LogP contribution in [0.3, 0.4) is 0 Å². The first kappa shape index (κ1) is 20.2. The summed E-state index contributed by atoms with van der Waals surface area (Å²) in [6, 6.07) is 14.1. The Hall–Kier alpha value is -1.49. The van der Waals surface area contributed by atoms with Crippen LogP contribution < -0.4 is 17.1 Å². The maximum absolute atomic E-state index is 12.6. The zero-order valence-corrected chi connectivity index (χ0v) is 17.0. The van der Waals surface area contributed by atoms with Gasteiger partial charge in [-0.15, -0.1) is 0 Å². The number of carbonyl (C=O) groups excluding carboxylic acids is 1. The molecule has 0 spiro atoms. The van der Waals surface area contributed by atoms with E-state index in [4.69, 9.17) is 4.74 Å². The average molecular weight is 403 g/mol. The minimum atomic E-state index is 0. The van der Waals surface area contributed by atoms with Gasteiger partial charge < -0.3 is 22.0 Å². The van der Waals surface area contributed by atoms with Gasteiger partial charge in [0.25, 0.3) is 0 Å². The molecule has 2 aliphatic rings. The molecule has 0 aromatic heterocycles. The first-order chi connectivity index (χ1) is 12.8. The normalized spacial score (nSPS) is 16.7. The molecule has 5 heteroatoms. The van der Waals surface area contributed by atoms with Gasteiger partial charge in [-0.2, -0.15) is 0 Å². The Morgan fingerprint density at radius 2 is 1.81 bits per heavy atom. The summed E-state index contributed by atoms with van der Waals surface area (Å²) in [5, 5.41) is 0. The number of rotatable bonds is 5. The maximum atomic E-state index is 12.6. The largest absolute Gasteiger partial charge is 1.00 e. The number of carbonyl (C=O) groups is 1. The Bertz CT molecular complexity index is 790. The van der Waals surface area contributed by atoms with Gasteiger partial charge in [0.05, 0.1) is 6.61 Å². The fraction of sp³-hybridized carbons (Fsp3) is 0.409. The van der Waals surface area contributed by atoms with Crippen LogP contribution in [0.25, 0.3) is 0 Å². The van der Waals surface area contributed by atoms with Gasteiger partial charge in [0, 0.05) is 28.3 Å². The van der Waals surface area contributed by atoms with Crippen LogP contribution in [-0.4, -0.2) is 36.9 Å². The number of benzene rings is 2. The lowest BCUT2D eigenvalue weighted by Gasteiger charge is -2.26. The molecule has 1 fully saturated rings. The van der Waals surface area contributed by atoms with Gasteiger partial charge in [-0.05, 0) is 62.2 Å². The average Bonchev–Trinajstić information content (AvgIpc) is 2.81. The van der Waals surface area contributed by atoms with Crippen molar-refractivity contribution in [2.45, 2.75) is 41.9 Å². The highest BCUT2D eigenvalue weighted by Gasteiger charge is 2.20. The highest BCUT2D eigenvalue weighted by Crippen LogP contribution is 2.38. The van der Waals surface area contributed by atoms with Crippen molar-refractivity contribution in [2.75, 3.05) is 26.2 Å². The van der Waals surface area contributed by atoms with Crippen LogP contribution in [0.5, 0.6) is 5.75 Å². The predicted octanol–water partition coefficient (Wildman–Crippen LogP) is 1.84. The molecule has 3 nitrogen and oxygen atoms in total. The molecule has 2 aromatic rings. The van der Waals surface area contributed by atoms with Crippen LogP contribution in [0.2, 0.25) is 0 Å². The summed E-state index contributed by atoms with van der Waals surface area (Å²) >= 11 is 1.67. The fourth-order valence-corrected chi connectivity index (χ4v) is 4.83. The van der Waals surface area contributed by atoms with E-state index in [2.05, 4.69) is 11.0 Å². The number of ketones is 1. The molecular formula is C22H25ClNO2S-. The van der Waals surface area contributed by atoms with Crippen LogP contribution in [0.4, 0.5) is 0 Å². The summed E-state index contributed by atoms with van der Waals surface area (Å²) in [6.07, 6.45) is 5.57. The molecule has 0 atom stereocenters. The van der Waals surface area contributed by atoms with Crippen LogP contribution in [0, 0.1) is 0 Å². The molecule has 0 saturated carbocycles. The van der Waals surface area contributed by atoms with Crippen LogP contribution >= 0.6 is 11.8 Å². The van der Waals surface area contributed by atoms with Gasteiger partial charge in [0.1, 0.15) is 5.75 Å². The van der Waals surface area contributed by atoms with E-state index in [1.807, 2.05) is 36.4 Å². The van der Waals surface area contributed by atoms with E-state index in [-0.39, 0.29) is 18.2 Å². The second kappa shape index (κ2) is 9.63. The molecule has 27 heavy (non-hydrogen) atoms. The standard InChI is InChI=1S/C22H25NO2S.ClH/c24-20-15-17-7-2-3-8-21(17)26-22-16-18(9-10-19(20)22)25-14-6-13-23-11-4-1-5-12-23;/h2-3,7-10,16H,1,4-6,11-15H2;1H/p-1. The Morgan fingerprint density at radius 3 is 2.67 bits per heavy atom. The van der Waals surface area contributed by atoms with Crippen molar-refractivity contribution in [2.24, 2.45) is 0 Å². The first-order valence-corrected chi connectivity index (χ1v) is 10.4. The van der Waals surface area contributed by atoms with Gasteiger partial charge in [-0.1, -0.05) is 36.4 Å². The third kappa shape index (κ3) is 5.07. The van der Waals surface area contributed by atoms with E-state index in [9.17, 15) is 4.79 Å². The molecule has 2 aliphatic heterocycles. The molecule has 0 amide bonds. The molecule has 0 aliphatic carbocycles. The highest BCUT2D eigenvalue weighted by atomic mass is 35.5. The lowest BCUT2D eigenvalue weighted by Crippen LogP contribution is -3.00. The summed E-state index contributed by atoms with van der Waals surface area (Å²) in [5.41, 5.74) is 1.93. The zero-order valence-electron chi connectivity index (χ0n) is 15.5. The fourth-order valence-electron chi connectivity index (χ4n) is 3.70. The number of halogens is 1. The van der Waals surface area contributed by atoms with Gasteiger partial charge >= 0.3 is 0 Å². The van der Waals surface area contributed by atoms with Gasteiger partial charge in [-0.3, -0.25) is 4.79 Å². The van der Waals surface area contributed by atoms with E-state index in [0.29, 0.717) is 6.42 Å². The number of fused-ring (bicyclic) bond motifs is 2. The van der Waals surface area contributed by atoms with Crippen molar-refractivity contribution in [1.29, 1.82) is 0 Å². The third-order valence-corrected chi connectivity index (χ3v) is 6.31. The monoisotopic (exact) mass is 402 g/mol. The smallest absolute Gasteiger partial charge is 0.168 e. The number of piperidine rings is 1. The van der Waals surface area contributed by atoms with E-state index < -0.39 is 0 Å². The molecule has 1 saturated heterocycles. The summed E-state index contributed by atoms with van der Waals surface area (Å²) in [6.45, 7) is 4.31. The molecular weight excluding hydrogens is 378 g/mol. The van der Waals surface area contributed by atoms with Gasteiger partial charge in [0.15, 0.2) is 5.78 Å². The van der Waals surface area contributed by atoms with Crippen molar-refractivity contribution in [1.82, 2.24) is 4.90 Å². The van der Waals surface area contributed by atoms with E-state index in [0.717, 1.165) is 41.3 Å². The number of ether oxygens (including phenoxy) is 1. The molecule has 0 unspecified atom stereocenters. The molecule has 0 N–H and O–H groups in total. The van der Waals surface area contributed by atoms with Crippen LogP contribution in [-0.2, 0) is 6.42 Å². The molecule has 0 radical (unpaired) electrons. The zero-order chi connectivity index (χ0) is 17.8. The van der Waals surface area contributed by atoms with E-state index in [1.165, 1.54) is 37.2 Å². The number of nitrogens with zero attached hydrogens (tertiary/aromatic N) is 1.